The summed E-state index contributed by atoms with van der Waals surface area (Å²) < 4.78 is 15.1. The molecule has 0 N–H and O–H groups in total. The number of esters is 2. The summed E-state index contributed by atoms with van der Waals surface area (Å²) in [7, 11) is 1.62. The molecule has 0 aliphatic heterocycles. The number of ether oxygens (including phenoxy) is 3. The Bertz CT molecular complexity index is 278. The lowest BCUT2D eigenvalue weighted by Crippen LogP contribution is -2.14. The molecule has 0 spiro atoms. The van der Waals surface area contributed by atoms with E-state index in [9.17, 15) is 9.59 Å². The minimum absolute atomic E-state index is 0.0653. The molecule has 0 radical (unpaired) electrons. The number of carbonyl (C=O) groups excluding carboxylic acids is 2. The Morgan fingerprint density at radius 3 is 2.05 bits per heavy atom. The summed E-state index contributed by atoms with van der Waals surface area (Å²) in [5, 5.41) is 0. The number of methoxy groups -OCH3 is 1. The van der Waals surface area contributed by atoms with Crippen LogP contribution in [0.5, 0.6) is 0 Å². The summed E-state index contributed by atoms with van der Waals surface area (Å²) in [4.78, 5) is 22.8. The van der Waals surface area contributed by atoms with Crippen LogP contribution in [0.1, 0.15) is 65.2 Å². The first-order valence-corrected chi connectivity index (χ1v) is 7.94. The topological polar surface area (TPSA) is 61.8 Å². The summed E-state index contributed by atoms with van der Waals surface area (Å²) in [6.07, 6.45) is 6.47. The van der Waals surface area contributed by atoms with Gasteiger partial charge in [-0.3, -0.25) is 9.59 Å². The normalized spacial score (nSPS) is 12.0. The van der Waals surface area contributed by atoms with Crippen molar-refractivity contribution in [2.24, 2.45) is 0 Å². The Hall–Kier alpha value is -1.10. The zero-order valence-corrected chi connectivity index (χ0v) is 13.7. The lowest BCUT2D eigenvalue weighted by atomic mass is 10.2. The highest BCUT2D eigenvalue weighted by Crippen LogP contribution is 2.04. The van der Waals surface area contributed by atoms with Gasteiger partial charge in [0.2, 0.25) is 0 Å². The average molecular weight is 302 g/mol. The standard InChI is InChI=1S/C16H30O5/c1-4-5-6-7-8-12-20-15(17)9-10-16(18)21-13-11-14(2)19-3/h14H,4-13H2,1-3H3. The monoisotopic (exact) mass is 302 g/mol. The molecule has 0 bridgehead atoms. The van der Waals surface area contributed by atoms with Gasteiger partial charge in [0, 0.05) is 13.5 Å². The van der Waals surface area contributed by atoms with Gasteiger partial charge in [0.15, 0.2) is 0 Å². The molecule has 0 saturated carbocycles. The number of carbonyl (C=O) groups is 2. The second-order valence-electron chi connectivity index (χ2n) is 5.19. The number of rotatable bonds is 13. The fraction of sp³-hybridized carbons (Fsp3) is 0.875. The van der Waals surface area contributed by atoms with E-state index in [0.717, 1.165) is 12.8 Å². The van der Waals surface area contributed by atoms with Gasteiger partial charge in [-0.15, -0.1) is 0 Å². The van der Waals surface area contributed by atoms with Crippen LogP contribution in [0.3, 0.4) is 0 Å². The number of hydrogen-bond acceptors (Lipinski definition) is 5. The maximum absolute atomic E-state index is 11.4. The van der Waals surface area contributed by atoms with Crippen LogP contribution in [-0.2, 0) is 23.8 Å². The highest BCUT2D eigenvalue weighted by Gasteiger charge is 2.09. The highest BCUT2D eigenvalue weighted by atomic mass is 16.5. The van der Waals surface area contributed by atoms with E-state index in [0.29, 0.717) is 19.6 Å². The summed E-state index contributed by atoms with van der Waals surface area (Å²) in [6, 6.07) is 0. The second kappa shape index (κ2) is 13.9. The van der Waals surface area contributed by atoms with E-state index in [1.165, 1.54) is 19.3 Å². The summed E-state index contributed by atoms with van der Waals surface area (Å²) >= 11 is 0. The molecule has 0 aromatic rings. The van der Waals surface area contributed by atoms with Crippen molar-refractivity contribution in [3.63, 3.8) is 0 Å². The molecule has 1 unspecified atom stereocenters. The Balaban J connectivity index is 3.44. The smallest absolute Gasteiger partial charge is 0.306 e. The quantitative estimate of drug-likeness (QED) is 0.386. The van der Waals surface area contributed by atoms with Crippen LogP contribution in [-0.4, -0.2) is 38.4 Å². The zero-order valence-electron chi connectivity index (χ0n) is 13.7. The van der Waals surface area contributed by atoms with Gasteiger partial charge in [-0.05, 0) is 13.3 Å². The van der Waals surface area contributed by atoms with E-state index in [4.69, 9.17) is 14.2 Å². The van der Waals surface area contributed by atoms with Crippen LogP contribution in [0.25, 0.3) is 0 Å². The fourth-order valence-corrected chi connectivity index (χ4v) is 1.70. The minimum Gasteiger partial charge on any atom is -0.466 e. The maximum Gasteiger partial charge on any atom is 0.306 e. The lowest BCUT2D eigenvalue weighted by molar-refractivity contribution is -0.150. The van der Waals surface area contributed by atoms with E-state index in [2.05, 4.69) is 6.92 Å². The SMILES string of the molecule is CCCCCCCOC(=O)CCC(=O)OCCC(C)OC. The molecule has 1 atom stereocenters. The van der Waals surface area contributed by atoms with Crippen LogP contribution in [0, 0.1) is 0 Å². The van der Waals surface area contributed by atoms with Crippen LogP contribution < -0.4 is 0 Å². The fourth-order valence-electron chi connectivity index (χ4n) is 1.70. The van der Waals surface area contributed by atoms with Gasteiger partial charge in [0.25, 0.3) is 0 Å². The van der Waals surface area contributed by atoms with Crippen molar-refractivity contribution < 1.29 is 23.8 Å². The molecule has 0 amide bonds. The zero-order chi connectivity index (χ0) is 15.9. The van der Waals surface area contributed by atoms with Gasteiger partial charge < -0.3 is 14.2 Å². The molecule has 5 heteroatoms. The molecule has 0 saturated heterocycles. The summed E-state index contributed by atoms with van der Waals surface area (Å²) in [5.41, 5.74) is 0. The van der Waals surface area contributed by atoms with Crippen LogP contribution in [0.15, 0.2) is 0 Å². The summed E-state index contributed by atoms with van der Waals surface area (Å²) in [5.74, 6) is -0.689. The molecule has 0 rings (SSSR count). The molecular weight excluding hydrogens is 272 g/mol. The molecule has 0 aromatic carbocycles. The molecule has 21 heavy (non-hydrogen) atoms. The second-order valence-corrected chi connectivity index (χ2v) is 5.19. The Kier molecular flexibility index (Phi) is 13.1. The van der Waals surface area contributed by atoms with Crippen LogP contribution >= 0.6 is 0 Å². The van der Waals surface area contributed by atoms with Crippen molar-refractivity contribution in [3.05, 3.63) is 0 Å². The Labute approximate surface area is 128 Å². The third-order valence-electron chi connectivity index (χ3n) is 3.23. The lowest BCUT2D eigenvalue weighted by Gasteiger charge is -2.09. The predicted octanol–water partition coefficient (Wildman–Crippen LogP) is 3.25. The Morgan fingerprint density at radius 2 is 1.48 bits per heavy atom. The van der Waals surface area contributed by atoms with Crippen molar-refractivity contribution >= 4 is 11.9 Å². The maximum atomic E-state index is 11.4. The molecule has 0 aromatic heterocycles. The van der Waals surface area contributed by atoms with Gasteiger partial charge in [-0.2, -0.15) is 0 Å². The molecule has 0 fully saturated rings. The molecule has 0 heterocycles. The van der Waals surface area contributed by atoms with Crippen molar-refractivity contribution in [2.45, 2.75) is 71.3 Å². The number of unbranched alkanes of at least 4 members (excludes halogenated alkanes) is 4. The van der Waals surface area contributed by atoms with E-state index in [1.54, 1.807) is 7.11 Å². The van der Waals surface area contributed by atoms with E-state index >= 15 is 0 Å². The molecule has 5 nitrogen and oxygen atoms in total. The molecule has 0 aliphatic rings. The minimum atomic E-state index is -0.363. The first-order chi connectivity index (χ1) is 10.1. The number of hydrogen-bond donors (Lipinski definition) is 0. The first-order valence-electron chi connectivity index (χ1n) is 7.94. The first kappa shape index (κ1) is 19.9. The van der Waals surface area contributed by atoms with Crippen molar-refractivity contribution in [3.8, 4) is 0 Å². The van der Waals surface area contributed by atoms with Crippen LogP contribution in [0.2, 0.25) is 0 Å². The van der Waals surface area contributed by atoms with Gasteiger partial charge >= 0.3 is 11.9 Å². The van der Waals surface area contributed by atoms with Gasteiger partial charge in [0.1, 0.15) is 0 Å². The average Bonchev–Trinajstić information content (AvgIpc) is 2.48. The third-order valence-corrected chi connectivity index (χ3v) is 3.23. The molecule has 0 aliphatic carbocycles. The third kappa shape index (κ3) is 13.6. The predicted molar refractivity (Wildman–Crippen MR) is 81.0 cm³/mol. The van der Waals surface area contributed by atoms with E-state index in [1.807, 2.05) is 6.92 Å². The summed E-state index contributed by atoms with van der Waals surface area (Å²) in [6.45, 7) is 4.84. The van der Waals surface area contributed by atoms with Crippen LogP contribution in [0.4, 0.5) is 0 Å². The van der Waals surface area contributed by atoms with Crippen molar-refractivity contribution in [1.82, 2.24) is 0 Å². The van der Waals surface area contributed by atoms with Gasteiger partial charge in [-0.1, -0.05) is 32.6 Å². The molecular formula is C16H30O5. The Morgan fingerprint density at radius 1 is 0.905 bits per heavy atom. The largest absolute Gasteiger partial charge is 0.466 e. The highest BCUT2D eigenvalue weighted by molar-refractivity contribution is 5.77. The van der Waals surface area contributed by atoms with Gasteiger partial charge in [-0.25, -0.2) is 0 Å². The van der Waals surface area contributed by atoms with Crippen molar-refractivity contribution in [1.29, 1.82) is 0 Å². The van der Waals surface area contributed by atoms with Gasteiger partial charge in [0.05, 0.1) is 32.2 Å². The van der Waals surface area contributed by atoms with E-state index in [-0.39, 0.29) is 30.9 Å². The van der Waals surface area contributed by atoms with Crippen molar-refractivity contribution in [2.75, 3.05) is 20.3 Å². The molecule has 124 valence electrons. The van der Waals surface area contributed by atoms with E-state index < -0.39 is 0 Å².